The van der Waals surface area contributed by atoms with Crippen molar-refractivity contribution in [2.75, 3.05) is 13.7 Å². The summed E-state index contributed by atoms with van der Waals surface area (Å²) in [6.07, 6.45) is 0. The quantitative estimate of drug-likeness (QED) is 0.595. The molecule has 5 heteroatoms. The van der Waals surface area contributed by atoms with Gasteiger partial charge in [0.15, 0.2) is 6.61 Å². The van der Waals surface area contributed by atoms with Crippen LogP contribution in [0.15, 0.2) is 72.8 Å². The number of benzene rings is 3. The van der Waals surface area contributed by atoms with Crippen molar-refractivity contribution >= 4 is 11.9 Å². The number of ether oxygens (including phenoxy) is 2. The maximum absolute atomic E-state index is 12.6. The summed E-state index contributed by atoms with van der Waals surface area (Å²) in [5, 5.41) is 2.96. The van der Waals surface area contributed by atoms with Gasteiger partial charge in [0, 0.05) is 0 Å². The van der Waals surface area contributed by atoms with Gasteiger partial charge in [-0.25, -0.2) is 4.79 Å². The predicted molar refractivity (Wildman–Crippen MR) is 116 cm³/mol. The molecule has 0 aliphatic carbocycles. The molecule has 0 unspecified atom stereocenters. The monoisotopic (exact) mass is 403 g/mol. The number of rotatable bonds is 7. The molecule has 0 spiro atoms. The topological polar surface area (TPSA) is 64.6 Å². The molecule has 0 saturated heterocycles. The number of hydrogen-bond acceptors (Lipinski definition) is 4. The van der Waals surface area contributed by atoms with Gasteiger partial charge in [0.2, 0.25) is 0 Å². The largest absolute Gasteiger partial charge is 0.497 e. The summed E-state index contributed by atoms with van der Waals surface area (Å²) < 4.78 is 10.4. The Morgan fingerprint density at radius 1 is 0.867 bits per heavy atom. The maximum atomic E-state index is 12.6. The highest BCUT2D eigenvalue weighted by molar-refractivity contribution is 5.91. The van der Waals surface area contributed by atoms with Crippen molar-refractivity contribution in [3.8, 4) is 5.75 Å². The van der Waals surface area contributed by atoms with Crippen LogP contribution in [0.1, 0.15) is 38.7 Å². The SMILES string of the molecule is COc1ccc([C@H](NC(=O)COC(=O)c2ccc(C)c(C)c2)c2ccccc2)cc1. The van der Waals surface area contributed by atoms with E-state index in [0.29, 0.717) is 5.56 Å². The molecule has 5 nitrogen and oxygen atoms in total. The summed E-state index contributed by atoms with van der Waals surface area (Å²) in [6.45, 7) is 3.55. The molecule has 1 N–H and O–H groups in total. The van der Waals surface area contributed by atoms with E-state index in [1.54, 1.807) is 19.2 Å². The lowest BCUT2D eigenvalue weighted by Crippen LogP contribution is -2.33. The highest BCUT2D eigenvalue weighted by Crippen LogP contribution is 2.24. The fourth-order valence-corrected chi connectivity index (χ4v) is 3.09. The minimum atomic E-state index is -0.519. The summed E-state index contributed by atoms with van der Waals surface area (Å²) in [4.78, 5) is 24.9. The Morgan fingerprint density at radius 3 is 2.17 bits per heavy atom. The fourth-order valence-electron chi connectivity index (χ4n) is 3.09. The molecule has 3 aromatic rings. The molecule has 0 bridgehead atoms. The van der Waals surface area contributed by atoms with Gasteiger partial charge in [-0.3, -0.25) is 4.79 Å². The van der Waals surface area contributed by atoms with E-state index in [9.17, 15) is 9.59 Å². The van der Waals surface area contributed by atoms with Crippen molar-refractivity contribution in [1.82, 2.24) is 5.32 Å². The van der Waals surface area contributed by atoms with Gasteiger partial charge in [-0.1, -0.05) is 48.5 Å². The fraction of sp³-hybridized carbons (Fsp3) is 0.200. The van der Waals surface area contributed by atoms with Crippen LogP contribution in [0, 0.1) is 13.8 Å². The van der Waals surface area contributed by atoms with Crippen molar-refractivity contribution in [2.45, 2.75) is 19.9 Å². The molecule has 1 atom stereocenters. The number of esters is 1. The third-order valence-corrected chi connectivity index (χ3v) is 4.96. The van der Waals surface area contributed by atoms with Crippen LogP contribution in [0.5, 0.6) is 5.75 Å². The normalized spacial score (nSPS) is 11.4. The van der Waals surface area contributed by atoms with Gasteiger partial charge in [-0.05, 0) is 60.4 Å². The third-order valence-electron chi connectivity index (χ3n) is 4.96. The number of carbonyl (C=O) groups excluding carboxylic acids is 2. The zero-order valence-electron chi connectivity index (χ0n) is 17.3. The van der Waals surface area contributed by atoms with Crippen molar-refractivity contribution in [1.29, 1.82) is 0 Å². The average Bonchev–Trinajstić information content (AvgIpc) is 2.78. The predicted octanol–water partition coefficient (Wildman–Crippen LogP) is 4.37. The highest BCUT2D eigenvalue weighted by atomic mass is 16.5. The van der Waals surface area contributed by atoms with Crippen LogP contribution in [0.25, 0.3) is 0 Å². The second-order valence-electron chi connectivity index (χ2n) is 7.06. The smallest absolute Gasteiger partial charge is 0.338 e. The van der Waals surface area contributed by atoms with Crippen LogP contribution >= 0.6 is 0 Å². The zero-order chi connectivity index (χ0) is 21.5. The molecule has 3 rings (SSSR count). The standard InChI is InChI=1S/C25H25NO4/c1-17-9-10-21(15-18(17)2)25(28)30-16-23(27)26-24(19-7-5-4-6-8-19)20-11-13-22(29-3)14-12-20/h4-15,24H,16H2,1-3H3,(H,26,27)/t24-/m1/s1. The van der Waals surface area contributed by atoms with Gasteiger partial charge in [-0.2, -0.15) is 0 Å². The molecule has 0 aromatic heterocycles. The van der Waals surface area contributed by atoms with E-state index in [0.717, 1.165) is 28.0 Å². The molecule has 0 heterocycles. The van der Waals surface area contributed by atoms with Crippen molar-refractivity contribution in [3.63, 3.8) is 0 Å². The minimum absolute atomic E-state index is 0.356. The number of carbonyl (C=O) groups is 2. The van der Waals surface area contributed by atoms with Crippen molar-refractivity contribution in [3.05, 3.63) is 101 Å². The van der Waals surface area contributed by atoms with Crippen LogP contribution in [-0.2, 0) is 9.53 Å². The van der Waals surface area contributed by atoms with Crippen LogP contribution in [0.3, 0.4) is 0 Å². The van der Waals surface area contributed by atoms with Gasteiger partial charge in [-0.15, -0.1) is 0 Å². The van der Waals surface area contributed by atoms with Crippen LogP contribution in [-0.4, -0.2) is 25.6 Å². The number of amides is 1. The van der Waals surface area contributed by atoms with E-state index >= 15 is 0 Å². The summed E-state index contributed by atoms with van der Waals surface area (Å²) >= 11 is 0. The van der Waals surface area contributed by atoms with Crippen molar-refractivity contribution < 1.29 is 19.1 Å². The molecular weight excluding hydrogens is 378 g/mol. The molecule has 0 aliphatic heterocycles. The lowest BCUT2D eigenvalue weighted by atomic mass is 9.98. The first-order valence-corrected chi connectivity index (χ1v) is 9.70. The first-order chi connectivity index (χ1) is 14.5. The van der Waals surface area contributed by atoms with E-state index < -0.39 is 5.97 Å². The van der Waals surface area contributed by atoms with Gasteiger partial charge in [0.1, 0.15) is 5.75 Å². The Kier molecular flexibility index (Phi) is 6.86. The van der Waals surface area contributed by atoms with E-state index in [1.165, 1.54) is 0 Å². The minimum Gasteiger partial charge on any atom is -0.497 e. The van der Waals surface area contributed by atoms with Crippen LogP contribution in [0.4, 0.5) is 0 Å². The molecule has 30 heavy (non-hydrogen) atoms. The molecule has 0 radical (unpaired) electrons. The van der Waals surface area contributed by atoms with E-state index in [4.69, 9.17) is 9.47 Å². The third kappa shape index (κ3) is 5.26. The molecular formula is C25H25NO4. The first kappa shape index (κ1) is 21.1. The Hall–Kier alpha value is -3.60. The lowest BCUT2D eigenvalue weighted by Gasteiger charge is -2.20. The number of nitrogens with one attached hydrogen (secondary N) is 1. The van der Waals surface area contributed by atoms with Crippen molar-refractivity contribution in [2.24, 2.45) is 0 Å². The Bertz CT molecular complexity index is 1010. The first-order valence-electron chi connectivity index (χ1n) is 9.70. The Labute approximate surface area is 176 Å². The molecule has 154 valence electrons. The number of methoxy groups -OCH3 is 1. The molecule has 0 saturated carbocycles. The maximum Gasteiger partial charge on any atom is 0.338 e. The Morgan fingerprint density at radius 2 is 1.53 bits per heavy atom. The van der Waals surface area contributed by atoms with Gasteiger partial charge >= 0.3 is 5.97 Å². The highest BCUT2D eigenvalue weighted by Gasteiger charge is 2.18. The van der Waals surface area contributed by atoms with E-state index in [1.807, 2.05) is 74.5 Å². The summed E-state index contributed by atoms with van der Waals surface area (Å²) in [7, 11) is 1.61. The second-order valence-corrected chi connectivity index (χ2v) is 7.06. The second kappa shape index (κ2) is 9.74. The van der Waals surface area contributed by atoms with Gasteiger partial charge < -0.3 is 14.8 Å². The summed E-state index contributed by atoms with van der Waals surface area (Å²) in [5.74, 6) is -0.162. The van der Waals surface area contributed by atoms with Gasteiger partial charge in [0.05, 0.1) is 18.7 Å². The number of aryl methyl sites for hydroxylation is 2. The van der Waals surface area contributed by atoms with Gasteiger partial charge in [0.25, 0.3) is 5.91 Å². The zero-order valence-corrected chi connectivity index (χ0v) is 17.3. The van der Waals surface area contributed by atoms with Crippen LogP contribution < -0.4 is 10.1 Å². The van der Waals surface area contributed by atoms with Crippen LogP contribution in [0.2, 0.25) is 0 Å². The number of hydrogen-bond donors (Lipinski definition) is 1. The molecule has 3 aromatic carbocycles. The molecule has 0 aliphatic rings. The summed E-state index contributed by atoms with van der Waals surface area (Å²) in [5.41, 5.74) is 4.35. The molecule has 1 amide bonds. The van der Waals surface area contributed by atoms with E-state index in [2.05, 4.69) is 5.32 Å². The summed E-state index contributed by atoms with van der Waals surface area (Å²) in [6, 6.07) is 22.1. The Balaban J connectivity index is 1.70. The van der Waals surface area contributed by atoms with E-state index in [-0.39, 0.29) is 18.6 Å². The molecule has 0 fully saturated rings. The lowest BCUT2D eigenvalue weighted by molar-refractivity contribution is -0.124. The average molecular weight is 403 g/mol.